The molecule has 2 heterocycles. The summed E-state index contributed by atoms with van der Waals surface area (Å²) in [5.41, 5.74) is 1.66. The number of likely N-dealkylation sites (N-methyl/N-ethyl adjacent to an activating group) is 1. The molecule has 196 valence electrons. The third-order valence-electron chi connectivity index (χ3n) is 6.63. The number of esters is 1. The van der Waals surface area contributed by atoms with Crippen molar-refractivity contribution < 1.29 is 23.5 Å². The molecule has 0 saturated carbocycles. The maximum Gasteiger partial charge on any atom is 0.338 e. The van der Waals surface area contributed by atoms with E-state index in [1.165, 1.54) is 17.0 Å². The quantitative estimate of drug-likeness (QED) is 0.576. The van der Waals surface area contributed by atoms with E-state index in [2.05, 4.69) is 10.2 Å². The van der Waals surface area contributed by atoms with Crippen molar-refractivity contribution in [1.29, 1.82) is 0 Å². The minimum atomic E-state index is -0.693. The number of carbonyl (C=O) groups excluding carboxylic acids is 3. The molecule has 8 nitrogen and oxygen atoms in total. The van der Waals surface area contributed by atoms with Crippen LogP contribution in [0.4, 0.5) is 9.18 Å². The second kappa shape index (κ2) is 11.7. The molecule has 2 aliphatic rings. The number of amides is 3. The van der Waals surface area contributed by atoms with Gasteiger partial charge in [-0.05, 0) is 43.2 Å². The van der Waals surface area contributed by atoms with E-state index >= 15 is 0 Å². The second-order valence-corrected chi connectivity index (χ2v) is 9.41. The third-order valence-corrected chi connectivity index (χ3v) is 6.88. The van der Waals surface area contributed by atoms with Gasteiger partial charge in [-0.15, -0.1) is 0 Å². The molecule has 4 rings (SSSR count). The molecule has 1 fully saturated rings. The topological polar surface area (TPSA) is 82.2 Å². The smallest absolute Gasteiger partial charge is 0.338 e. The number of urea groups is 1. The Balaban J connectivity index is 1.59. The maximum atomic E-state index is 14.2. The summed E-state index contributed by atoms with van der Waals surface area (Å²) in [5.74, 6) is -1.39. The first-order valence-electron chi connectivity index (χ1n) is 12.3. The minimum Gasteiger partial charge on any atom is -0.463 e. The Labute approximate surface area is 220 Å². The van der Waals surface area contributed by atoms with Crippen LogP contribution >= 0.6 is 11.6 Å². The van der Waals surface area contributed by atoms with Crippen LogP contribution in [0.5, 0.6) is 0 Å². The Morgan fingerprint density at radius 1 is 1.08 bits per heavy atom. The Kier molecular flexibility index (Phi) is 8.45. The van der Waals surface area contributed by atoms with Gasteiger partial charge < -0.3 is 15.0 Å². The van der Waals surface area contributed by atoms with Crippen molar-refractivity contribution in [2.75, 3.05) is 46.4 Å². The molecule has 0 aromatic heterocycles. The number of nitrogens with zero attached hydrogens (tertiary/aromatic N) is 3. The first-order chi connectivity index (χ1) is 17.8. The van der Waals surface area contributed by atoms with Gasteiger partial charge in [0.1, 0.15) is 5.82 Å². The molecule has 1 atom stereocenters. The number of hydrogen-bond donors (Lipinski definition) is 1. The van der Waals surface area contributed by atoms with Gasteiger partial charge in [0.25, 0.3) is 5.91 Å². The average molecular weight is 529 g/mol. The number of ether oxygens (including phenoxy) is 1. The zero-order valence-corrected chi connectivity index (χ0v) is 21.6. The van der Waals surface area contributed by atoms with Crippen LogP contribution in [0, 0.1) is 5.82 Å². The summed E-state index contributed by atoms with van der Waals surface area (Å²) in [5, 5.41) is 3.44. The molecule has 2 aromatic rings. The largest absolute Gasteiger partial charge is 0.463 e. The number of hydrogen-bond acceptors (Lipinski definition) is 5. The van der Waals surface area contributed by atoms with Crippen molar-refractivity contribution in [2.45, 2.75) is 19.4 Å². The zero-order valence-electron chi connectivity index (χ0n) is 20.9. The molecule has 3 amide bonds. The fourth-order valence-electron chi connectivity index (χ4n) is 4.65. The van der Waals surface area contributed by atoms with Gasteiger partial charge in [-0.3, -0.25) is 14.6 Å². The Hall–Kier alpha value is -3.43. The van der Waals surface area contributed by atoms with Gasteiger partial charge in [-0.2, -0.15) is 0 Å². The fourth-order valence-corrected chi connectivity index (χ4v) is 4.78. The molecule has 0 spiro atoms. The summed E-state index contributed by atoms with van der Waals surface area (Å²) < 4.78 is 19.6. The summed E-state index contributed by atoms with van der Waals surface area (Å²) in [6.45, 7) is 4.25. The summed E-state index contributed by atoms with van der Waals surface area (Å²) in [4.78, 5) is 44.2. The number of halogens is 2. The van der Waals surface area contributed by atoms with Crippen molar-refractivity contribution in [2.24, 2.45) is 0 Å². The molecular formula is C27H30ClFN4O4. The molecule has 0 bridgehead atoms. The molecule has 10 heteroatoms. The van der Waals surface area contributed by atoms with Crippen molar-refractivity contribution in [1.82, 2.24) is 20.0 Å². The maximum absolute atomic E-state index is 14.2. The van der Waals surface area contributed by atoms with E-state index < -0.39 is 17.8 Å². The monoisotopic (exact) mass is 528 g/mol. The van der Waals surface area contributed by atoms with Gasteiger partial charge in [0.05, 0.1) is 23.8 Å². The number of rotatable bonds is 6. The molecule has 0 radical (unpaired) electrons. The SMILES string of the molecule is CCOC(=O)C1=C(CN2CCCN(C(=O)c3ccccc3F)CC2)N(C)C(=O)NC1c1ccc(Cl)cc1. The van der Waals surface area contributed by atoms with E-state index in [4.69, 9.17) is 16.3 Å². The lowest BCUT2D eigenvalue weighted by molar-refractivity contribution is -0.139. The van der Waals surface area contributed by atoms with Gasteiger partial charge in [-0.1, -0.05) is 35.9 Å². The Bertz CT molecular complexity index is 1200. The number of benzene rings is 2. The minimum absolute atomic E-state index is 0.0535. The Morgan fingerprint density at radius 3 is 2.51 bits per heavy atom. The van der Waals surface area contributed by atoms with Crippen LogP contribution < -0.4 is 5.32 Å². The van der Waals surface area contributed by atoms with Crippen molar-refractivity contribution in [3.05, 3.63) is 81.8 Å². The first-order valence-corrected chi connectivity index (χ1v) is 12.6. The fraction of sp³-hybridized carbons (Fsp3) is 0.370. The predicted molar refractivity (Wildman–Crippen MR) is 138 cm³/mol. The highest BCUT2D eigenvalue weighted by Crippen LogP contribution is 2.32. The lowest BCUT2D eigenvalue weighted by Crippen LogP contribution is -2.49. The number of carbonyl (C=O) groups is 3. The lowest BCUT2D eigenvalue weighted by Gasteiger charge is -2.36. The van der Waals surface area contributed by atoms with Gasteiger partial charge >= 0.3 is 12.0 Å². The van der Waals surface area contributed by atoms with E-state index in [1.54, 1.807) is 55.3 Å². The van der Waals surface area contributed by atoms with Gasteiger partial charge in [0.15, 0.2) is 0 Å². The van der Waals surface area contributed by atoms with Crippen LogP contribution in [0.1, 0.15) is 35.3 Å². The Morgan fingerprint density at radius 2 is 1.81 bits per heavy atom. The molecule has 2 aromatic carbocycles. The molecule has 37 heavy (non-hydrogen) atoms. The van der Waals surface area contributed by atoms with Crippen molar-refractivity contribution >= 4 is 29.5 Å². The van der Waals surface area contributed by atoms with Crippen LogP contribution in [-0.2, 0) is 9.53 Å². The summed E-state index contributed by atoms with van der Waals surface area (Å²) in [7, 11) is 1.62. The third kappa shape index (κ3) is 5.94. The normalized spacial score (nSPS) is 18.9. The van der Waals surface area contributed by atoms with Gasteiger partial charge in [0.2, 0.25) is 0 Å². The van der Waals surface area contributed by atoms with Crippen molar-refractivity contribution in [3.8, 4) is 0 Å². The summed E-state index contributed by atoms with van der Waals surface area (Å²) in [6, 6.07) is 11.9. The molecular weight excluding hydrogens is 499 g/mol. The second-order valence-electron chi connectivity index (χ2n) is 8.98. The summed E-state index contributed by atoms with van der Waals surface area (Å²) in [6.07, 6.45) is 0.665. The molecule has 1 unspecified atom stereocenters. The zero-order chi connectivity index (χ0) is 26.5. The van der Waals surface area contributed by atoms with E-state index in [0.29, 0.717) is 61.0 Å². The van der Waals surface area contributed by atoms with Gasteiger partial charge in [0, 0.05) is 50.5 Å². The van der Waals surface area contributed by atoms with Gasteiger partial charge in [-0.25, -0.2) is 14.0 Å². The standard InChI is InChI=1S/C27H30ClFN4O4/c1-3-37-26(35)23-22(31(2)27(36)30-24(23)18-9-11-19(28)12-10-18)17-32-13-6-14-33(16-15-32)25(34)20-7-4-5-8-21(20)29/h4-5,7-12,24H,3,6,13-17H2,1-2H3,(H,30,36). The number of nitrogens with one attached hydrogen (secondary N) is 1. The molecule has 2 aliphatic heterocycles. The summed E-state index contributed by atoms with van der Waals surface area (Å²) >= 11 is 6.05. The highest BCUT2D eigenvalue weighted by molar-refractivity contribution is 6.30. The highest BCUT2D eigenvalue weighted by atomic mass is 35.5. The first kappa shape index (κ1) is 26.6. The lowest BCUT2D eigenvalue weighted by atomic mass is 9.94. The van der Waals surface area contributed by atoms with Crippen LogP contribution in [-0.4, -0.2) is 79.0 Å². The highest BCUT2D eigenvalue weighted by Gasteiger charge is 2.37. The van der Waals surface area contributed by atoms with Crippen molar-refractivity contribution in [3.63, 3.8) is 0 Å². The molecule has 0 aliphatic carbocycles. The van der Waals surface area contributed by atoms with Crippen LogP contribution in [0.2, 0.25) is 5.02 Å². The average Bonchev–Trinajstić information content (AvgIpc) is 3.13. The van der Waals surface area contributed by atoms with Crippen LogP contribution in [0.15, 0.2) is 59.8 Å². The predicted octanol–water partition coefficient (Wildman–Crippen LogP) is 3.84. The molecule has 1 saturated heterocycles. The van der Waals surface area contributed by atoms with E-state index in [1.807, 2.05) is 0 Å². The van der Waals surface area contributed by atoms with E-state index in [9.17, 15) is 18.8 Å². The van der Waals surface area contributed by atoms with E-state index in [0.717, 1.165) is 0 Å². The molecule has 1 N–H and O–H groups in total. The van der Waals surface area contributed by atoms with Crippen LogP contribution in [0.3, 0.4) is 0 Å². The van der Waals surface area contributed by atoms with Crippen LogP contribution in [0.25, 0.3) is 0 Å². The van der Waals surface area contributed by atoms with E-state index in [-0.39, 0.29) is 24.1 Å².